The van der Waals surface area contributed by atoms with E-state index in [0.29, 0.717) is 17.1 Å². The predicted molar refractivity (Wildman–Crippen MR) is 93.6 cm³/mol. The molecule has 0 aliphatic carbocycles. The third-order valence-corrected chi connectivity index (χ3v) is 5.03. The van der Waals surface area contributed by atoms with Crippen LogP contribution in [0.1, 0.15) is 37.8 Å². The van der Waals surface area contributed by atoms with Crippen LogP contribution in [0.5, 0.6) is 0 Å². The fraction of sp³-hybridized carbons (Fsp3) is 0.444. The highest BCUT2D eigenvalue weighted by molar-refractivity contribution is 6.31. The summed E-state index contributed by atoms with van der Waals surface area (Å²) in [6, 6.07) is 6.65. The molecule has 0 radical (unpaired) electrons. The van der Waals surface area contributed by atoms with Crippen molar-refractivity contribution in [2.45, 2.75) is 32.2 Å². The highest BCUT2D eigenvalue weighted by Gasteiger charge is 2.43. The van der Waals surface area contributed by atoms with Crippen LogP contribution in [0.15, 0.2) is 35.5 Å². The average Bonchev–Trinajstić information content (AvgIpc) is 2.89. The van der Waals surface area contributed by atoms with Gasteiger partial charge in [0.15, 0.2) is 0 Å². The van der Waals surface area contributed by atoms with Crippen molar-refractivity contribution < 1.29 is 9.59 Å². The van der Waals surface area contributed by atoms with Crippen molar-refractivity contribution in [1.29, 1.82) is 0 Å². The molecule has 2 aliphatic rings. The van der Waals surface area contributed by atoms with Gasteiger partial charge in [0.1, 0.15) is 0 Å². The molecule has 0 saturated heterocycles. The van der Waals surface area contributed by atoms with Crippen LogP contribution in [0.4, 0.5) is 4.79 Å². The highest BCUT2D eigenvalue weighted by Crippen LogP contribution is 2.37. The van der Waals surface area contributed by atoms with E-state index < -0.39 is 6.04 Å². The molecule has 6 heteroatoms. The van der Waals surface area contributed by atoms with Gasteiger partial charge in [0.25, 0.3) is 5.91 Å². The Balaban J connectivity index is 1.93. The Morgan fingerprint density at radius 2 is 2.00 bits per heavy atom. The number of urea groups is 1. The number of rotatable bonds is 5. The van der Waals surface area contributed by atoms with Gasteiger partial charge in [-0.1, -0.05) is 49.6 Å². The van der Waals surface area contributed by atoms with Crippen molar-refractivity contribution in [3.05, 3.63) is 46.1 Å². The van der Waals surface area contributed by atoms with Crippen LogP contribution in [0.3, 0.4) is 0 Å². The van der Waals surface area contributed by atoms with Gasteiger partial charge in [-0.15, -0.1) is 0 Å². The van der Waals surface area contributed by atoms with Crippen LogP contribution < -0.4 is 5.32 Å². The molecule has 0 bridgehead atoms. The molecule has 3 rings (SSSR count). The summed E-state index contributed by atoms with van der Waals surface area (Å²) in [5.41, 5.74) is 2.18. The maximum Gasteiger partial charge on any atom is 0.322 e. The number of carbonyl (C=O) groups excluding carboxylic acids is 2. The van der Waals surface area contributed by atoms with Gasteiger partial charge in [0.05, 0.1) is 23.9 Å². The van der Waals surface area contributed by atoms with Gasteiger partial charge in [0, 0.05) is 18.6 Å². The first-order chi connectivity index (χ1) is 11.5. The van der Waals surface area contributed by atoms with Gasteiger partial charge in [-0.05, 0) is 18.1 Å². The zero-order valence-electron chi connectivity index (χ0n) is 14.0. The number of carbonyl (C=O) groups is 2. The molecular weight excluding hydrogens is 326 g/mol. The minimum Gasteiger partial charge on any atom is -0.333 e. The molecule has 1 N–H and O–H groups in total. The van der Waals surface area contributed by atoms with E-state index in [0.717, 1.165) is 37.1 Å². The molecule has 0 saturated carbocycles. The van der Waals surface area contributed by atoms with E-state index in [1.54, 1.807) is 18.0 Å². The van der Waals surface area contributed by atoms with Crippen LogP contribution in [-0.2, 0) is 4.79 Å². The molecule has 5 nitrogen and oxygen atoms in total. The molecular formula is C18H22ClN3O2. The largest absolute Gasteiger partial charge is 0.333 e. The van der Waals surface area contributed by atoms with Crippen molar-refractivity contribution in [2.24, 2.45) is 0 Å². The second-order valence-electron chi connectivity index (χ2n) is 6.26. The topological polar surface area (TPSA) is 52.7 Å². The van der Waals surface area contributed by atoms with E-state index >= 15 is 0 Å². The van der Waals surface area contributed by atoms with Gasteiger partial charge < -0.3 is 10.2 Å². The van der Waals surface area contributed by atoms with Crippen molar-refractivity contribution in [3.63, 3.8) is 0 Å². The molecule has 24 heavy (non-hydrogen) atoms. The normalized spacial score (nSPS) is 20.5. The molecule has 0 unspecified atom stereocenters. The first-order valence-corrected chi connectivity index (χ1v) is 8.73. The summed E-state index contributed by atoms with van der Waals surface area (Å²) in [5.74, 6) is -0.00197. The van der Waals surface area contributed by atoms with E-state index in [-0.39, 0.29) is 11.9 Å². The van der Waals surface area contributed by atoms with E-state index in [9.17, 15) is 9.59 Å². The molecule has 128 valence electrons. The standard InChI is InChI=1S/C18H22ClN3O2/c1-3-4-7-10-22-11-14-15(17(22)23)16(20-18(24)21(14)2)12-8-5-6-9-13(12)19/h5-6,8-9,16H,3-4,7,10-11H2,1-2H3,(H,20,24)/t16-/m0/s1. The number of hydrogen-bond acceptors (Lipinski definition) is 2. The lowest BCUT2D eigenvalue weighted by Gasteiger charge is -2.31. The third-order valence-electron chi connectivity index (χ3n) is 4.68. The van der Waals surface area contributed by atoms with Crippen LogP contribution in [0.2, 0.25) is 5.02 Å². The SMILES string of the molecule is CCCCCN1CC2=C(C1=O)[C@H](c1ccccc1Cl)NC(=O)N2C. The first-order valence-electron chi connectivity index (χ1n) is 8.35. The van der Waals surface area contributed by atoms with Crippen LogP contribution in [-0.4, -0.2) is 41.9 Å². The molecule has 2 aliphatic heterocycles. The summed E-state index contributed by atoms with van der Waals surface area (Å²) >= 11 is 6.31. The summed E-state index contributed by atoms with van der Waals surface area (Å²) in [6.07, 6.45) is 3.18. The molecule has 1 aromatic carbocycles. The van der Waals surface area contributed by atoms with Gasteiger partial charge in [-0.3, -0.25) is 9.69 Å². The lowest BCUT2D eigenvalue weighted by molar-refractivity contribution is -0.125. The molecule has 0 aromatic heterocycles. The molecule has 0 fully saturated rings. The van der Waals surface area contributed by atoms with Crippen molar-refractivity contribution >= 4 is 23.5 Å². The number of nitrogens with zero attached hydrogens (tertiary/aromatic N) is 2. The van der Waals surface area contributed by atoms with E-state index in [1.165, 1.54) is 0 Å². The van der Waals surface area contributed by atoms with Crippen molar-refractivity contribution in [3.8, 4) is 0 Å². The number of likely N-dealkylation sites (N-methyl/N-ethyl adjacent to an activating group) is 1. The lowest BCUT2D eigenvalue weighted by Crippen LogP contribution is -2.45. The molecule has 1 atom stereocenters. The quantitative estimate of drug-likeness (QED) is 0.831. The molecule has 1 aromatic rings. The second kappa shape index (κ2) is 6.85. The predicted octanol–water partition coefficient (Wildman–Crippen LogP) is 3.32. The number of unbranched alkanes of at least 4 members (excludes halogenated alkanes) is 2. The fourth-order valence-electron chi connectivity index (χ4n) is 3.30. The number of halogens is 1. The van der Waals surface area contributed by atoms with Gasteiger partial charge in [0.2, 0.25) is 0 Å². The second-order valence-corrected chi connectivity index (χ2v) is 6.66. The van der Waals surface area contributed by atoms with Crippen LogP contribution >= 0.6 is 11.6 Å². The Morgan fingerprint density at radius 3 is 2.71 bits per heavy atom. The van der Waals surface area contributed by atoms with E-state index in [4.69, 9.17) is 11.6 Å². The monoisotopic (exact) mass is 347 g/mol. The Hall–Kier alpha value is -2.01. The third kappa shape index (κ3) is 2.88. The van der Waals surface area contributed by atoms with Crippen molar-refractivity contribution in [1.82, 2.24) is 15.1 Å². The average molecular weight is 348 g/mol. The zero-order chi connectivity index (χ0) is 17.3. The number of benzene rings is 1. The lowest BCUT2D eigenvalue weighted by atomic mass is 9.95. The summed E-state index contributed by atoms with van der Waals surface area (Å²) in [5, 5.41) is 3.46. The summed E-state index contributed by atoms with van der Waals surface area (Å²) < 4.78 is 0. The molecule has 3 amide bonds. The van der Waals surface area contributed by atoms with E-state index in [2.05, 4.69) is 12.2 Å². The Kier molecular flexibility index (Phi) is 4.81. The fourth-order valence-corrected chi connectivity index (χ4v) is 3.54. The Morgan fingerprint density at radius 1 is 1.25 bits per heavy atom. The highest BCUT2D eigenvalue weighted by atomic mass is 35.5. The van der Waals surface area contributed by atoms with Gasteiger partial charge in [-0.2, -0.15) is 0 Å². The molecule has 2 heterocycles. The summed E-state index contributed by atoms with van der Waals surface area (Å²) in [6.45, 7) is 3.35. The van der Waals surface area contributed by atoms with Crippen LogP contribution in [0, 0.1) is 0 Å². The number of amides is 3. The Bertz CT molecular complexity index is 701. The van der Waals surface area contributed by atoms with Crippen molar-refractivity contribution in [2.75, 3.05) is 20.1 Å². The van der Waals surface area contributed by atoms with E-state index in [1.807, 2.05) is 23.1 Å². The minimum absolute atomic E-state index is 0.00197. The summed E-state index contributed by atoms with van der Waals surface area (Å²) in [4.78, 5) is 28.6. The van der Waals surface area contributed by atoms with Gasteiger partial charge >= 0.3 is 6.03 Å². The maximum absolute atomic E-state index is 12.9. The molecule has 0 spiro atoms. The number of hydrogen-bond donors (Lipinski definition) is 1. The first kappa shape index (κ1) is 16.8. The Labute approximate surface area is 147 Å². The summed E-state index contributed by atoms with van der Waals surface area (Å²) in [7, 11) is 1.70. The number of nitrogens with one attached hydrogen (secondary N) is 1. The van der Waals surface area contributed by atoms with Crippen LogP contribution in [0.25, 0.3) is 0 Å². The minimum atomic E-state index is -0.485. The zero-order valence-corrected chi connectivity index (χ0v) is 14.8. The van der Waals surface area contributed by atoms with Gasteiger partial charge in [-0.25, -0.2) is 4.79 Å². The smallest absolute Gasteiger partial charge is 0.322 e. The maximum atomic E-state index is 12.9.